The van der Waals surface area contributed by atoms with Crippen LogP contribution in [0.15, 0.2) is 18.3 Å². The number of carbonyl (C=O) groups excluding carboxylic acids is 1. The van der Waals surface area contributed by atoms with Gasteiger partial charge in [-0.15, -0.1) is 0 Å². The number of amides is 1. The molecule has 1 saturated heterocycles. The molecule has 2 heterocycles. The lowest BCUT2D eigenvalue weighted by atomic mass is 10.1. The second-order valence-electron chi connectivity index (χ2n) is 5.36. The first-order valence-corrected chi connectivity index (χ1v) is 7.54. The fourth-order valence-corrected chi connectivity index (χ4v) is 2.48. The fourth-order valence-electron chi connectivity index (χ4n) is 2.48. The summed E-state index contributed by atoms with van der Waals surface area (Å²) in [5.74, 6) is 1.35. The van der Waals surface area contributed by atoms with E-state index >= 15 is 0 Å². The monoisotopic (exact) mass is 292 g/mol. The van der Waals surface area contributed by atoms with Crippen molar-refractivity contribution in [3.05, 3.63) is 18.3 Å². The first-order valence-electron chi connectivity index (χ1n) is 7.54. The highest BCUT2D eigenvalue weighted by molar-refractivity contribution is 5.75. The topological polar surface area (TPSA) is 80.5 Å². The van der Waals surface area contributed by atoms with Crippen LogP contribution in [0, 0.1) is 0 Å². The molecule has 0 spiro atoms. The van der Waals surface area contributed by atoms with Crippen molar-refractivity contribution in [2.75, 3.05) is 31.6 Å². The number of nitrogens with one attached hydrogen (secondary N) is 1. The molecule has 0 unspecified atom stereocenters. The Hall–Kier alpha value is -1.82. The third kappa shape index (κ3) is 4.90. The zero-order chi connectivity index (χ0) is 15.1. The van der Waals surface area contributed by atoms with Crippen molar-refractivity contribution in [2.24, 2.45) is 5.73 Å². The third-order valence-electron chi connectivity index (χ3n) is 3.54. The summed E-state index contributed by atoms with van der Waals surface area (Å²) in [6.07, 6.45) is 4.68. The van der Waals surface area contributed by atoms with Gasteiger partial charge in [0.1, 0.15) is 0 Å². The Kier molecular flexibility index (Phi) is 5.80. The molecule has 0 radical (unpaired) electrons. The summed E-state index contributed by atoms with van der Waals surface area (Å²) in [4.78, 5) is 17.4. The van der Waals surface area contributed by atoms with Crippen LogP contribution in [0.5, 0.6) is 5.75 Å². The summed E-state index contributed by atoms with van der Waals surface area (Å²) in [6, 6.07) is 4.17. The number of hydrogen-bond donors (Lipinski definition) is 2. The normalized spacial score (nSPS) is 16.6. The number of primary amides is 1. The molecule has 0 aromatic carbocycles. The van der Waals surface area contributed by atoms with E-state index in [1.807, 2.05) is 12.1 Å². The van der Waals surface area contributed by atoms with E-state index in [0.29, 0.717) is 19.2 Å². The second kappa shape index (κ2) is 7.83. The molecule has 1 aliphatic heterocycles. The van der Waals surface area contributed by atoms with Crippen LogP contribution in [0.25, 0.3) is 0 Å². The highest BCUT2D eigenvalue weighted by Crippen LogP contribution is 2.24. The molecule has 0 bridgehead atoms. The number of nitrogens with zero attached hydrogens (tertiary/aromatic N) is 2. The predicted octanol–water partition coefficient (Wildman–Crippen LogP) is 1.23. The van der Waals surface area contributed by atoms with E-state index in [1.165, 1.54) is 0 Å². The molecule has 0 atom stereocenters. The molecule has 0 saturated carbocycles. The van der Waals surface area contributed by atoms with Gasteiger partial charge in [-0.05, 0) is 31.4 Å². The van der Waals surface area contributed by atoms with E-state index in [1.54, 1.807) is 6.20 Å². The van der Waals surface area contributed by atoms with Crippen LogP contribution < -0.4 is 15.8 Å². The summed E-state index contributed by atoms with van der Waals surface area (Å²) < 4.78 is 5.70. The van der Waals surface area contributed by atoms with Crippen molar-refractivity contribution in [1.82, 2.24) is 9.88 Å². The standard InChI is InChI=1S/C15H24N4O2/c1-2-10-21-13-4-3-7-17-15(13)18-12-5-8-19(9-6-12)11-14(16)20/h3-4,7,12H,2,5-6,8-11H2,1H3,(H2,16,20)(H,17,18). The molecule has 116 valence electrons. The smallest absolute Gasteiger partial charge is 0.231 e. The van der Waals surface area contributed by atoms with Gasteiger partial charge in [-0.3, -0.25) is 9.69 Å². The minimum Gasteiger partial charge on any atom is -0.490 e. The minimum atomic E-state index is -0.263. The summed E-state index contributed by atoms with van der Waals surface area (Å²) >= 11 is 0. The zero-order valence-electron chi connectivity index (χ0n) is 12.5. The molecule has 3 N–H and O–H groups in total. The lowest BCUT2D eigenvalue weighted by Gasteiger charge is -2.32. The van der Waals surface area contributed by atoms with Crippen LogP contribution >= 0.6 is 0 Å². The molecular formula is C15H24N4O2. The molecule has 6 nitrogen and oxygen atoms in total. The average Bonchev–Trinajstić information content (AvgIpc) is 2.48. The zero-order valence-corrected chi connectivity index (χ0v) is 12.5. The highest BCUT2D eigenvalue weighted by atomic mass is 16.5. The van der Waals surface area contributed by atoms with Crippen LogP contribution in [-0.4, -0.2) is 48.1 Å². The maximum absolute atomic E-state index is 10.9. The van der Waals surface area contributed by atoms with Crippen LogP contribution in [-0.2, 0) is 4.79 Å². The minimum absolute atomic E-state index is 0.263. The van der Waals surface area contributed by atoms with Gasteiger partial charge in [0.15, 0.2) is 11.6 Å². The SMILES string of the molecule is CCCOc1cccnc1NC1CCN(CC(N)=O)CC1. The Morgan fingerprint density at radius 2 is 2.29 bits per heavy atom. The van der Waals surface area contributed by atoms with Crippen molar-refractivity contribution in [2.45, 2.75) is 32.2 Å². The van der Waals surface area contributed by atoms with E-state index in [2.05, 4.69) is 22.1 Å². The van der Waals surface area contributed by atoms with Gasteiger partial charge in [-0.1, -0.05) is 6.92 Å². The third-order valence-corrected chi connectivity index (χ3v) is 3.54. The number of rotatable bonds is 7. The Morgan fingerprint density at radius 3 is 2.95 bits per heavy atom. The lowest BCUT2D eigenvalue weighted by molar-refractivity contribution is -0.119. The first kappa shape index (κ1) is 15.6. The maximum Gasteiger partial charge on any atom is 0.231 e. The van der Waals surface area contributed by atoms with Crippen molar-refractivity contribution in [3.63, 3.8) is 0 Å². The van der Waals surface area contributed by atoms with Gasteiger partial charge in [-0.2, -0.15) is 0 Å². The molecule has 0 aliphatic carbocycles. The number of piperidine rings is 1. The van der Waals surface area contributed by atoms with Gasteiger partial charge in [0.2, 0.25) is 5.91 Å². The van der Waals surface area contributed by atoms with E-state index < -0.39 is 0 Å². The van der Waals surface area contributed by atoms with Crippen molar-refractivity contribution in [3.8, 4) is 5.75 Å². The van der Waals surface area contributed by atoms with E-state index in [4.69, 9.17) is 10.5 Å². The Balaban J connectivity index is 1.87. The molecule has 2 rings (SSSR count). The van der Waals surface area contributed by atoms with Gasteiger partial charge in [0, 0.05) is 25.3 Å². The molecular weight excluding hydrogens is 268 g/mol. The van der Waals surface area contributed by atoms with Crippen LogP contribution in [0.3, 0.4) is 0 Å². The molecule has 1 aromatic heterocycles. The van der Waals surface area contributed by atoms with Gasteiger partial charge in [-0.25, -0.2) is 4.98 Å². The van der Waals surface area contributed by atoms with Gasteiger partial charge in [0.05, 0.1) is 13.2 Å². The van der Waals surface area contributed by atoms with Crippen LogP contribution in [0.4, 0.5) is 5.82 Å². The van der Waals surface area contributed by atoms with Crippen molar-refractivity contribution >= 4 is 11.7 Å². The first-order chi connectivity index (χ1) is 10.2. The molecule has 1 fully saturated rings. The van der Waals surface area contributed by atoms with Crippen molar-refractivity contribution < 1.29 is 9.53 Å². The number of hydrogen-bond acceptors (Lipinski definition) is 5. The van der Waals surface area contributed by atoms with E-state index in [0.717, 1.165) is 43.9 Å². The van der Waals surface area contributed by atoms with Gasteiger partial charge >= 0.3 is 0 Å². The van der Waals surface area contributed by atoms with Crippen LogP contribution in [0.2, 0.25) is 0 Å². The van der Waals surface area contributed by atoms with Crippen LogP contribution in [0.1, 0.15) is 26.2 Å². The largest absolute Gasteiger partial charge is 0.490 e. The lowest BCUT2D eigenvalue weighted by Crippen LogP contribution is -2.43. The van der Waals surface area contributed by atoms with Gasteiger partial charge < -0.3 is 15.8 Å². The van der Waals surface area contributed by atoms with E-state index in [9.17, 15) is 4.79 Å². The highest BCUT2D eigenvalue weighted by Gasteiger charge is 2.21. The number of likely N-dealkylation sites (tertiary alicyclic amines) is 1. The molecule has 6 heteroatoms. The Bertz CT molecular complexity index is 459. The Morgan fingerprint density at radius 1 is 1.52 bits per heavy atom. The quantitative estimate of drug-likeness (QED) is 0.790. The molecule has 21 heavy (non-hydrogen) atoms. The van der Waals surface area contributed by atoms with Crippen molar-refractivity contribution in [1.29, 1.82) is 0 Å². The number of nitrogens with two attached hydrogens (primary N) is 1. The Labute approximate surface area is 125 Å². The second-order valence-corrected chi connectivity index (χ2v) is 5.36. The number of ether oxygens (including phenoxy) is 1. The molecule has 1 aliphatic rings. The summed E-state index contributed by atoms with van der Waals surface area (Å²) in [6.45, 7) is 4.87. The number of carbonyl (C=O) groups is 1. The summed E-state index contributed by atoms with van der Waals surface area (Å²) in [5.41, 5.74) is 5.23. The maximum atomic E-state index is 10.9. The predicted molar refractivity (Wildman–Crippen MR) is 82.3 cm³/mol. The van der Waals surface area contributed by atoms with Gasteiger partial charge in [0.25, 0.3) is 0 Å². The number of anilines is 1. The summed E-state index contributed by atoms with van der Waals surface area (Å²) in [5, 5.41) is 3.45. The number of pyridine rings is 1. The number of aromatic nitrogens is 1. The fraction of sp³-hybridized carbons (Fsp3) is 0.600. The van der Waals surface area contributed by atoms with E-state index in [-0.39, 0.29) is 5.91 Å². The summed E-state index contributed by atoms with van der Waals surface area (Å²) in [7, 11) is 0. The average molecular weight is 292 g/mol. The molecule has 1 aromatic rings. The molecule has 1 amide bonds.